The molecule has 0 fully saturated rings. The van der Waals surface area contributed by atoms with Crippen molar-refractivity contribution in [3.05, 3.63) is 77.2 Å². The lowest BCUT2D eigenvalue weighted by Crippen LogP contribution is -2.49. The molecule has 1 aromatic heterocycles. The van der Waals surface area contributed by atoms with Crippen LogP contribution in [0, 0.1) is 5.41 Å². The fraction of sp³-hybridized carbons (Fsp3) is 0.308. The number of carboxylic acids is 1. The molecule has 0 spiro atoms. The van der Waals surface area contributed by atoms with E-state index in [9.17, 15) is 19.5 Å². The minimum absolute atomic E-state index is 0.0412. The van der Waals surface area contributed by atoms with Gasteiger partial charge in [0.15, 0.2) is 0 Å². The van der Waals surface area contributed by atoms with Gasteiger partial charge in [0.2, 0.25) is 0 Å². The molecule has 1 heterocycles. The Morgan fingerprint density at radius 2 is 1.66 bits per heavy atom. The molecule has 9 nitrogen and oxygen atoms in total. The first-order valence-corrected chi connectivity index (χ1v) is 11.2. The number of aliphatic carboxylic acids is 1. The zero-order chi connectivity index (χ0) is 25.2. The van der Waals surface area contributed by atoms with Crippen molar-refractivity contribution in [2.75, 3.05) is 6.61 Å². The van der Waals surface area contributed by atoms with Gasteiger partial charge >= 0.3 is 12.1 Å². The number of aromatic nitrogens is 1. The van der Waals surface area contributed by atoms with Gasteiger partial charge in [-0.3, -0.25) is 4.79 Å². The monoisotopic (exact) mass is 477 g/mol. The standard InChI is InChI=1S/C26H27N3O6/c1-26(2,3)22(24(31)32)28-23(30)20-14-35-29-21(20)12-27-25(33)34-13-19-17-10-6-4-8-15(17)16-9-5-7-11-18(16)19/h4-11,14,19,22H,12-13H2,1-3H3,(H,27,33)(H,28,30)(H,31,32)/t22-/m1/s1. The van der Waals surface area contributed by atoms with Gasteiger partial charge in [-0.2, -0.15) is 0 Å². The molecule has 0 saturated heterocycles. The third-order valence-electron chi connectivity index (χ3n) is 6.02. The van der Waals surface area contributed by atoms with Gasteiger partial charge in [0.1, 0.15) is 30.2 Å². The van der Waals surface area contributed by atoms with Crippen LogP contribution in [0.5, 0.6) is 0 Å². The Bertz CT molecular complexity index is 1210. The van der Waals surface area contributed by atoms with Crippen LogP contribution in [-0.4, -0.2) is 40.9 Å². The molecular formula is C26H27N3O6. The predicted molar refractivity (Wildman–Crippen MR) is 127 cm³/mol. The number of rotatable bonds is 7. The summed E-state index contributed by atoms with van der Waals surface area (Å²) >= 11 is 0. The molecule has 0 unspecified atom stereocenters. The second-order valence-electron chi connectivity index (χ2n) is 9.46. The first-order chi connectivity index (χ1) is 16.7. The number of fused-ring (bicyclic) bond motifs is 3. The van der Waals surface area contributed by atoms with Crippen molar-refractivity contribution < 1.29 is 28.8 Å². The van der Waals surface area contributed by atoms with E-state index in [4.69, 9.17) is 9.26 Å². The smallest absolute Gasteiger partial charge is 0.407 e. The van der Waals surface area contributed by atoms with E-state index >= 15 is 0 Å². The number of carboxylic acid groups (broad SMARTS) is 1. The maximum atomic E-state index is 12.6. The molecule has 4 rings (SSSR count). The third kappa shape index (κ3) is 5.03. The largest absolute Gasteiger partial charge is 0.480 e. The van der Waals surface area contributed by atoms with E-state index in [1.54, 1.807) is 20.8 Å². The summed E-state index contributed by atoms with van der Waals surface area (Å²) in [5, 5.41) is 18.3. The first kappa shape index (κ1) is 24.0. The highest BCUT2D eigenvalue weighted by molar-refractivity contribution is 5.97. The number of alkyl carbamates (subject to hydrolysis) is 1. The average molecular weight is 478 g/mol. The zero-order valence-electron chi connectivity index (χ0n) is 19.7. The van der Waals surface area contributed by atoms with Gasteiger partial charge in [-0.25, -0.2) is 9.59 Å². The van der Waals surface area contributed by atoms with Gasteiger partial charge in [-0.15, -0.1) is 0 Å². The Hall–Kier alpha value is -4.14. The number of ether oxygens (including phenoxy) is 1. The fourth-order valence-corrected chi connectivity index (χ4v) is 4.23. The molecule has 2 aromatic carbocycles. The van der Waals surface area contributed by atoms with E-state index in [-0.39, 0.29) is 30.3 Å². The van der Waals surface area contributed by atoms with Gasteiger partial charge in [0.05, 0.1) is 6.54 Å². The highest BCUT2D eigenvalue weighted by Crippen LogP contribution is 2.44. The van der Waals surface area contributed by atoms with E-state index in [1.807, 2.05) is 36.4 Å². The number of nitrogens with zero attached hydrogens (tertiary/aromatic N) is 1. The maximum absolute atomic E-state index is 12.6. The molecule has 0 bridgehead atoms. The number of carbonyl (C=O) groups is 3. The van der Waals surface area contributed by atoms with E-state index < -0.39 is 29.4 Å². The molecule has 2 amide bonds. The van der Waals surface area contributed by atoms with Crippen LogP contribution in [0.1, 0.15) is 53.9 Å². The Labute approximate surface area is 202 Å². The maximum Gasteiger partial charge on any atom is 0.407 e. The third-order valence-corrected chi connectivity index (χ3v) is 6.02. The van der Waals surface area contributed by atoms with Crippen LogP contribution in [0.2, 0.25) is 0 Å². The molecule has 1 aliphatic rings. The summed E-state index contributed by atoms with van der Waals surface area (Å²) in [6.45, 7) is 5.15. The number of benzene rings is 2. The Balaban J connectivity index is 1.37. The van der Waals surface area contributed by atoms with Crippen molar-refractivity contribution in [3.8, 4) is 11.1 Å². The molecule has 0 saturated carbocycles. The second kappa shape index (κ2) is 9.61. The minimum Gasteiger partial charge on any atom is -0.480 e. The fourth-order valence-electron chi connectivity index (χ4n) is 4.23. The van der Waals surface area contributed by atoms with Crippen molar-refractivity contribution in [2.24, 2.45) is 5.41 Å². The van der Waals surface area contributed by atoms with Crippen molar-refractivity contribution in [3.63, 3.8) is 0 Å². The van der Waals surface area contributed by atoms with Crippen molar-refractivity contribution in [1.29, 1.82) is 0 Å². The van der Waals surface area contributed by atoms with Gasteiger partial charge < -0.3 is 25.0 Å². The van der Waals surface area contributed by atoms with Crippen LogP contribution >= 0.6 is 0 Å². The lowest BCUT2D eigenvalue weighted by atomic mass is 9.86. The number of hydrogen-bond acceptors (Lipinski definition) is 6. The van der Waals surface area contributed by atoms with Gasteiger partial charge in [0, 0.05) is 5.92 Å². The Morgan fingerprint density at radius 3 is 2.23 bits per heavy atom. The van der Waals surface area contributed by atoms with E-state index in [0.717, 1.165) is 28.5 Å². The van der Waals surface area contributed by atoms with Gasteiger partial charge in [-0.1, -0.05) is 74.5 Å². The van der Waals surface area contributed by atoms with Crippen LogP contribution in [0.15, 0.2) is 59.3 Å². The number of hydrogen-bond donors (Lipinski definition) is 3. The molecule has 3 N–H and O–H groups in total. The average Bonchev–Trinajstić information content (AvgIpc) is 3.41. The first-order valence-electron chi connectivity index (χ1n) is 11.2. The van der Waals surface area contributed by atoms with Crippen LogP contribution in [0.25, 0.3) is 11.1 Å². The zero-order valence-corrected chi connectivity index (χ0v) is 19.7. The van der Waals surface area contributed by atoms with Crippen molar-refractivity contribution in [1.82, 2.24) is 15.8 Å². The topological polar surface area (TPSA) is 131 Å². The predicted octanol–water partition coefficient (Wildman–Crippen LogP) is 3.94. The lowest BCUT2D eigenvalue weighted by molar-refractivity contribution is -0.142. The second-order valence-corrected chi connectivity index (χ2v) is 9.46. The molecule has 3 aromatic rings. The number of amides is 2. The molecular weight excluding hydrogens is 450 g/mol. The Morgan fingerprint density at radius 1 is 1.06 bits per heavy atom. The van der Waals surface area contributed by atoms with E-state index in [1.165, 1.54) is 0 Å². The minimum atomic E-state index is -1.15. The van der Waals surface area contributed by atoms with Gasteiger partial charge in [-0.05, 0) is 27.7 Å². The number of carbonyl (C=O) groups excluding carboxylic acids is 2. The summed E-state index contributed by atoms with van der Waals surface area (Å²) in [4.78, 5) is 36.6. The summed E-state index contributed by atoms with van der Waals surface area (Å²) in [6.07, 6.45) is 0.449. The quantitative estimate of drug-likeness (QED) is 0.470. The van der Waals surface area contributed by atoms with Crippen LogP contribution in [0.4, 0.5) is 4.79 Å². The molecule has 9 heteroatoms. The lowest BCUT2D eigenvalue weighted by Gasteiger charge is -2.27. The van der Waals surface area contributed by atoms with Crippen molar-refractivity contribution >= 4 is 18.0 Å². The molecule has 35 heavy (non-hydrogen) atoms. The SMILES string of the molecule is CC(C)(C)[C@H](NC(=O)c1conc1CNC(=O)OCC1c2ccccc2-c2ccccc21)C(=O)O. The highest BCUT2D eigenvalue weighted by Gasteiger charge is 2.34. The summed E-state index contributed by atoms with van der Waals surface area (Å²) in [5.74, 6) is -1.88. The summed E-state index contributed by atoms with van der Waals surface area (Å²) in [7, 11) is 0. The normalized spacial score (nSPS) is 13.5. The molecule has 0 radical (unpaired) electrons. The summed E-state index contributed by atoms with van der Waals surface area (Å²) in [6, 6.07) is 14.9. The van der Waals surface area contributed by atoms with Crippen LogP contribution in [0.3, 0.4) is 0 Å². The summed E-state index contributed by atoms with van der Waals surface area (Å²) in [5.41, 5.74) is 3.95. The summed E-state index contributed by atoms with van der Waals surface area (Å²) < 4.78 is 10.4. The Kier molecular flexibility index (Phi) is 6.59. The highest BCUT2D eigenvalue weighted by atomic mass is 16.5. The molecule has 182 valence electrons. The van der Waals surface area contributed by atoms with E-state index in [0.29, 0.717) is 0 Å². The molecule has 1 aliphatic carbocycles. The van der Waals surface area contributed by atoms with Gasteiger partial charge in [0.25, 0.3) is 5.91 Å². The molecule has 0 aliphatic heterocycles. The van der Waals surface area contributed by atoms with Crippen LogP contribution < -0.4 is 10.6 Å². The van der Waals surface area contributed by atoms with E-state index in [2.05, 4.69) is 27.9 Å². The number of nitrogens with one attached hydrogen (secondary N) is 2. The molecule has 1 atom stereocenters. The van der Waals surface area contributed by atoms with Crippen molar-refractivity contribution in [2.45, 2.75) is 39.3 Å². The van der Waals surface area contributed by atoms with Crippen LogP contribution in [-0.2, 0) is 16.1 Å².